The van der Waals surface area contributed by atoms with Crippen molar-refractivity contribution in [2.24, 2.45) is 5.92 Å². The molecule has 0 aromatic carbocycles. The predicted octanol–water partition coefficient (Wildman–Crippen LogP) is 2.42. The molecule has 2 heterocycles. The summed E-state index contributed by atoms with van der Waals surface area (Å²) < 4.78 is 0. The second-order valence-electron chi connectivity index (χ2n) is 6.83. The highest BCUT2D eigenvalue weighted by Crippen LogP contribution is 2.30. The number of aliphatic hydroxyl groups is 1. The first kappa shape index (κ1) is 18.6. The fraction of sp³-hybridized carbons (Fsp3) is 0.667. The monoisotopic (exact) mass is 359 g/mol. The lowest BCUT2D eigenvalue weighted by Crippen LogP contribution is -2.26. The lowest BCUT2D eigenvalue weighted by Gasteiger charge is -2.27. The lowest BCUT2D eigenvalue weighted by molar-refractivity contribution is 0.0697. The van der Waals surface area contributed by atoms with Crippen molar-refractivity contribution in [1.82, 2.24) is 19.9 Å². The molecular weight excluding hydrogens is 330 g/mol. The second kappa shape index (κ2) is 8.44. The van der Waals surface area contributed by atoms with Gasteiger partial charge in [0.15, 0.2) is 5.82 Å². The summed E-state index contributed by atoms with van der Waals surface area (Å²) in [6.45, 7) is 2.92. The van der Waals surface area contributed by atoms with Crippen LogP contribution in [-0.4, -0.2) is 51.8 Å². The molecule has 0 bridgehead atoms. The van der Waals surface area contributed by atoms with Gasteiger partial charge in [-0.15, -0.1) is 0 Å². The van der Waals surface area contributed by atoms with Crippen LogP contribution in [0.15, 0.2) is 0 Å². The van der Waals surface area contributed by atoms with Gasteiger partial charge in [0.25, 0.3) is 0 Å². The van der Waals surface area contributed by atoms with Crippen LogP contribution in [-0.2, 0) is 6.42 Å². The third-order valence-corrected chi connectivity index (χ3v) is 4.93. The Balaban J connectivity index is 2.07. The number of hydrogen-bond donors (Lipinski definition) is 4. The maximum Gasteiger partial charge on any atom is 0.225 e. The summed E-state index contributed by atoms with van der Waals surface area (Å²) >= 11 is 0. The molecule has 0 amide bonds. The van der Waals surface area contributed by atoms with Crippen molar-refractivity contribution >= 4 is 28.7 Å². The van der Waals surface area contributed by atoms with Gasteiger partial charge in [-0.05, 0) is 31.6 Å². The summed E-state index contributed by atoms with van der Waals surface area (Å²) in [4.78, 5) is 18.4. The zero-order valence-electron chi connectivity index (χ0n) is 15.8. The van der Waals surface area contributed by atoms with E-state index in [0.29, 0.717) is 24.1 Å². The van der Waals surface area contributed by atoms with E-state index in [-0.39, 0.29) is 12.0 Å². The third-order valence-electron chi connectivity index (χ3n) is 4.93. The minimum Gasteiger partial charge on any atom is -0.393 e. The average molecular weight is 359 g/mol. The number of aromatic nitrogens is 4. The van der Waals surface area contributed by atoms with E-state index >= 15 is 0 Å². The highest BCUT2D eigenvalue weighted by atomic mass is 16.3. The molecule has 1 aliphatic rings. The molecule has 1 aliphatic carbocycles. The molecule has 0 radical (unpaired) electrons. The van der Waals surface area contributed by atoms with Crippen molar-refractivity contribution in [2.45, 2.75) is 51.6 Å². The minimum atomic E-state index is -0.268. The Morgan fingerprint density at radius 3 is 2.35 bits per heavy atom. The van der Waals surface area contributed by atoms with Crippen molar-refractivity contribution in [3.05, 3.63) is 5.69 Å². The molecule has 0 saturated heterocycles. The first-order valence-corrected chi connectivity index (χ1v) is 9.52. The van der Waals surface area contributed by atoms with Crippen LogP contribution in [0.25, 0.3) is 11.0 Å². The molecule has 26 heavy (non-hydrogen) atoms. The summed E-state index contributed by atoms with van der Waals surface area (Å²) in [6, 6.07) is 0. The van der Waals surface area contributed by atoms with Crippen molar-refractivity contribution < 1.29 is 5.11 Å². The van der Waals surface area contributed by atoms with Crippen LogP contribution in [0, 0.1) is 5.92 Å². The molecule has 1 saturated carbocycles. The van der Waals surface area contributed by atoms with Crippen molar-refractivity contribution in [3.8, 4) is 0 Å². The van der Waals surface area contributed by atoms with Gasteiger partial charge >= 0.3 is 0 Å². The number of rotatable bonds is 7. The van der Waals surface area contributed by atoms with Gasteiger partial charge in [0, 0.05) is 20.6 Å². The summed E-state index contributed by atoms with van der Waals surface area (Å²) in [5, 5.41) is 19.8. The first-order chi connectivity index (χ1) is 12.7. The van der Waals surface area contributed by atoms with E-state index in [9.17, 15) is 5.11 Å². The molecule has 0 spiro atoms. The van der Waals surface area contributed by atoms with Gasteiger partial charge in [-0.2, -0.15) is 4.98 Å². The van der Waals surface area contributed by atoms with E-state index in [1.165, 1.54) is 0 Å². The van der Waals surface area contributed by atoms with E-state index in [2.05, 4.69) is 42.8 Å². The summed E-state index contributed by atoms with van der Waals surface area (Å²) in [5.41, 5.74) is 2.33. The Kier molecular flexibility index (Phi) is 6.03. The van der Waals surface area contributed by atoms with E-state index in [0.717, 1.165) is 55.4 Å². The summed E-state index contributed by atoms with van der Waals surface area (Å²) in [6.07, 6.45) is 5.56. The number of nitrogens with zero attached hydrogens (tertiary/aromatic N) is 4. The highest BCUT2D eigenvalue weighted by molar-refractivity contribution is 5.88. The van der Waals surface area contributed by atoms with Crippen molar-refractivity contribution in [1.29, 1.82) is 0 Å². The number of hydrogen-bond acceptors (Lipinski definition) is 8. The fourth-order valence-electron chi connectivity index (χ4n) is 3.48. The lowest BCUT2D eigenvalue weighted by atomic mass is 9.83. The van der Waals surface area contributed by atoms with E-state index < -0.39 is 0 Å². The van der Waals surface area contributed by atoms with Crippen molar-refractivity contribution in [3.63, 3.8) is 0 Å². The van der Waals surface area contributed by atoms with Gasteiger partial charge in [0.1, 0.15) is 11.0 Å². The zero-order chi connectivity index (χ0) is 18.5. The molecule has 8 heteroatoms. The van der Waals surface area contributed by atoms with Crippen LogP contribution in [0.4, 0.5) is 17.7 Å². The molecule has 0 unspecified atom stereocenters. The molecule has 2 atom stereocenters. The van der Waals surface area contributed by atoms with Crippen LogP contribution in [0.3, 0.4) is 0 Å². The molecule has 3 rings (SSSR count). The number of fused-ring (bicyclic) bond motifs is 1. The maximum absolute atomic E-state index is 10.4. The first-order valence-electron chi connectivity index (χ1n) is 9.52. The van der Waals surface area contributed by atoms with Crippen LogP contribution >= 0.6 is 0 Å². The molecule has 0 aliphatic heterocycles. The Hall–Kier alpha value is -2.22. The quantitative estimate of drug-likeness (QED) is 0.597. The summed E-state index contributed by atoms with van der Waals surface area (Å²) in [5.74, 6) is 2.03. The normalized spacial score (nSPS) is 20.2. The van der Waals surface area contributed by atoms with E-state index in [1.54, 1.807) is 7.05 Å². The number of anilines is 3. The Bertz CT molecular complexity index is 752. The standard InChI is InChI=1S/C18H29N7O/c1-4-9-21-16-15-14(23-18(20-3)25-16)12(22-17(19-2)24-15)10-11-7-5-6-8-13(11)26/h11,13,26H,4-10H2,1-3H3,(H,19,22,24)(H2,20,21,23,25)/t11-,13-/m1/s1. The molecule has 2 aromatic rings. The predicted molar refractivity (Wildman–Crippen MR) is 105 cm³/mol. The van der Waals surface area contributed by atoms with Gasteiger partial charge in [-0.1, -0.05) is 19.8 Å². The SMILES string of the molecule is CCCNc1nc(NC)nc2c(C[C@H]3CCCC[C@H]3O)nc(NC)nc12. The third kappa shape index (κ3) is 3.95. The van der Waals surface area contributed by atoms with E-state index in [1.807, 2.05) is 7.05 Å². The molecule has 4 N–H and O–H groups in total. The molecule has 2 aromatic heterocycles. The smallest absolute Gasteiger partial charge is 0.225 e. The Morgan fingerprint density at radius 2 is 1.65 bits per heavy atom. The molecule has 8 nitrogen and oxygen atoms in total. The molecule has 1 fully saturated rings. The van der Waals surface area contributed by atoms with Crippen molar-refractivity contribution in [2.75, 3.05) is 36.6 Å². The second-order valence-corrected chi connectivity index (χ2v) is 6.83. The number of nitrogens with one attached hydrogen (secondary N) is 3. The summed E-state index contributed by atoms with van der Waals surface area (Å²) in [7, 11) is 3.61. The Morgan fingerprint density at radius 1 is 0.962 bits per heavy atom. The topological polar surface area (TPSA) is 108 Å². The van der Waals surface area contributed by atoms with Crippen LogP contribution in [0.2, 0.25) is 0 Å². The van der Waals surface area contributed by atoms with Gasteiger partial charge in [0.05, 0.1) is 11.8 Å². The molecule has 142 valence electrons. The van der Waals surface area contributed by atoms with Crippen LogP contribution in [0.5, 0.6) is 0 Å². The van der Waals surface area contributed by atoms with E-state index in [4.69, 9.17) is 0 Å². The Labute approximate surface area is 154 Å². The minimum absolute atomic E-state index is 0.214. The number of aliphatic hydroxyl groups excluding tert-OH is 1. The zero-order valence-corrected chi connectivity index (χ0v) is 15.8. The van der Waals surface area contributed by atoms with Gasteiger partial charge in [-0.25, -0.2) is 15.0 Å². The fourth-order valence-corrected chi connectivity index (χ4v) is 3.48. The largest absolute Gasteiger partial charge is 0.393 e. The van der Waals surface area contributed by atoms with Crippen LogP contribution in [0.1, 0.15) is 44.7 Å². The maximum atomic E-state index is 10.4. The van der Waals surface area contributed by atoms with Gasteiger partial charge in [0.2, 0.25) is 11.9 Å². The highest BCUT2D eigenvalue weighted by Gasteiger charge is 2.26. The average Bonchev–Trinajstić information content (AvgIpc) is 2.67. The van der Waals surface area contributed by atoms with Gasteiger partial charge < -0.3 is 21.1 Å². The molecular formula is C18H29N7O. The van der Waals surface area contributed by atoms with Gasteiger partial charge in [-0.3, -0.25) is 0 Å². The van der Waals surface area contributed by atoms with Crippen LogP contribution < -0.4 is 16.0 Å².